The highest BCUT2D eigenvalue weighted by atomic mass is 16.6. The monoisotopic (exact) mass is 284 g/mol. The van der Waals surface area contributed by atoms with E-state index in [1.165, 1.54) is 19.2 Å². The molecule has 21 heavy (non-hydrogen) atoms. The molecule has 0 aliphatic carbocycles. The number of para-hydroxylation sites is 1. The number of hydrogen-bond acceptors (Lipinski definition) is 5. The standard InChI is InChI=1S/C15H12N2O4/c1-20-14-7-11(6-13(8-14)17(18)19)10-21-15-5-3-2-4-12(15)9-16/h2-8H,10H2,1H3. The molecule has 106 valence electrons. The minimum absolute atomic E-state index is 0.0680. The number of hydrogen-bond donors (Lipinski definition) is 0. The van der Waals surface area contributed by atoms with Crippen LogP contribution in [0.15, 0.2) is 42.5 Å². The second-order valence-electron chi connectivity index (χ2n) is 4.19. The Balaban J connectivity index is 2.22. The fraction of sp³-hybridized carbons (Fsp3) is 0.133. The molecule has 0 atom stereocenters. The van der Waals surface area contributed by atoms with Gasteiger partial charge in [0.1, 0.15) is 24.2 Å². The van der Waals surface area contributed by atoms with Crippen molar-refractivity contribution in [2.75, 3.05) is 7.11 Å². The summed E-state index contributed by atoms with van der Waals surface area (Å²) in [7, 11) is 1.44. The molecular formula is C15H12N2O4. The Morgan fingerprint density at radius 3 is 2.71 bits per heavy atom. The molecule has 0 heterocycles. The first kappa shape index (κ1) is 14.3. The Labute approximate surface area is 121 Å². The van der Waals surface area contributed by atoms with Gasteiger partial charge in [0.2, 0.25) is 0 Å². The number of non-ortho nitro benzene ring substituents is 1. The quantitative estimate of drug-likeness (QED) is 0.622. The Morgan fingerprint density at radius 2 is 2.05 bits per heavy atom. The van der Waals surface area contributed by atoms with Crippen LogP contribution in [0.5, 0.6) is 11.5 Å². The fourth-order valence-electron chi connectivity index (χ4n) is 1.80. The molecule has 0 saturated carbocycles. The third kappa shape index (κ3) is 3.48. The van der Waals surface area contributed by atoms with E-state index in [9.17, 15) is 10.1 Å². The van der Waals surface area contributed by atoms with Gasteiger partial charge < -0.3 is 9.47 Å². The van der Waals surface area contributed by atoms with E-state index in [0.29, 0.717) is 22.6 Å². The predicted molar refractivity (Wildman–Crippen MR) is 75.1 cm³/mol. The van der Waals surface area contributed by atoms with Crippen molar-refractivity contribution in [1.82, 2.24) is 0 Å². The zero-order valence-electron chi connectivity index (χ0n) is 11.3. The minimum atomic E-state index is -0.491. The van der Waals surface area contributed by atoms with Crippen molar-refractivity contribution >= 4 is 5.69 Å². The Bertz CT molecular complexity index is 707. The molecule has 6 nitrogen and oxygen atoms in total. The largest absolute Gasteiger partial charge is 0.496 e. The van der Waals surface area contributed by atoms with Gasteiger partial charge in [0, 0.05) is 6.07 Å². The molecule has 0 aliphatic heterocycles. The lowest BCUT2D eigenvalue weighted by atomic mass is 10.2. The Kier molecular flexibility index (Phi) is 4.36. The molecule has 0 fully saturated rings. The van der Waals surface area contributed by atoms with E-state index in [-0.39, 0.29) is 12.3 Å². The van der Waals surface area contributed by atoms with Gasteiger partial charge in [-0.25, -0.2) is 0 Å². The van der Waals surface area contributed by atoms with Crippen molar-refractivity contribution in [2.45, 2.75) is 6.61 Å². The molecule has 0 bridgehead atoms. The van der Waals surface area contributed by atoms with Crippen molar-refractivity contribution in [2.24, 2.45) is 0 Å². The summed E-state index contributed by atoms with van der Waals surface area (Å²) in [5.41, 5.74) is 0.935. The van der Waals surface area contributed by atoms with Crippen LogP contribution in [0.3, 0.4) is 0 Å². The van der Waals surface area contributed by atoms with Crippen LogP contribution in [-0.2, 0) is 6.61 Å². The number of rotatable bonds is 5. The van der Waals surface area contributed by atoms with Crippen LogP contribution in [0.2, 0.25) is 0 Å². The van der Waals surface area contributed by atoms with Gasteiger partial charge in [0.15, 0.2) is 0 Å². The first-order valence-electron chi connectivity index (χ1n) is 6.08. The van der Waals surface area contributed by atoms with E-state index >= 15 is 0 Å². The maximum absolute atomic E-state index is 10.9. The van der Waals surface area contributed by atoms with Crippen LogP contribution >= 0.6 is 0 Å². The smallest absolute Gasteiger partial charge is 0.273 e. The number of ether oxygens (including phenoxy) is 2. The average molecular weight is 284 g/mol. The summed E-state index contributed by atoms with van der Waals surface area (Å²) >= 11 is 0. The van der Waals surface area contributed by atoms with E-state index in [1.807, 2.05) is 6.07 Å². The predicted octanol–water partition coefficient (Wildman–Crippen LogP) is 3.05. The minimum Gasteiger partial charge on any atom is -0.496 e. The molecule has 6 heteroatoms. The summed E-state index contributed by atoms with van der Waals surface area (Å²) < 4.78 is 10.6. The molecule has 0 aromatic heterocycles. The SMILES string of the molecule is COc1cc(COc2ccccc2C#N)cc([N+](=O)[O-])c1. The number of nitro groups is 1. The summed E-state index contributed by atoms with van der Waals surface area (Å²) in [5, 5.41) is 19.8. The van der Waals surface area contributed by atoms with Crippen molar-refractivity contribution in [3.05, 3.63) is 63.7 Å². The molecule has 2 aromatic rings. The third-order valence-electron chi connectivity index (χ3n) is 2.80. The maximum Gasteiger partial charge on any atom is 0.273 e. The third-order valence-corrected chi connectivity index (χ3v) is 2.80. The lowest BCUT2D eigenvalue weighted by Gasteiger charge is -2.09. The van der Waals surface area contributed by atoms with Crippen LogP contribution in [0.1, 0.15) is 11.1 Å². The number of nitro benzene ring substituents is 1. The van der Waals surface area contributed by atoms with E-state index in [0.717, 1.165) is 0 Å². The van der Waals surface area contributed by atoms with Crippen molar-refractivity contribution in [3.63, 3.8) is 0 Å². The van der Waals surface area contributed by atoms with Gasteiger partial charge in [-0.3, -0.25) is 10.1 Å². The van der Waals surface area contributed by atoms with Crippen molar-refractivity contribution < 1.29 is 14.4 Å². The van der Waals surface area contributed by atoms with Crippen molar-refractivity contribution in [1.29, 1.82) is 5.26 Å². The van der Waals surface area contributed by atoms with E-state index in [1.54, 1.807) is 30.3 Å². The summed E-state index contributed by atoms with van der Waals surface area (Å²) in [4.78, 5) is 10.4. The average Bonchev–Trinajstić information content (AvgIpc) is 2.52. The highest BCUT2D eigenvalue weighted by molar-refractivity contribution is 5.44. The van der Waals surface area contributed by atoms with E-state index < -0.39 is 4.92 Å². The molecule has 0 spiro atoms. The number of methoxy groups -OCH3 is 1. The van der Waals surface area contributed by atoms with E-state index in [2.05, 4.69) is 0 Å². The topological polar surface area (TPSA) is 85.4 Å². The van der Waals surface area contributed by atoms with Gasteiger partial charge in [-0.2, -0.15) is 5.26 Å². The first-order chi connectivity index (χ1) is 10.1. The molecule has 0 amide bonds. The van der Waals surface area contributed by atoms with Gasteiger partial charge in [-0.05, 0) is 23.8 Å². The lowest BCUT2D eigenvalue weighted by Crippen LogP contribution is -1.99. The number of nitriles is 1. The van der Waals surface area contributed by atoms with Gasteiger partial charge in [-0.15, -0.1) is 0 Å². The zero-order chi connectivity index (χ0) is 15.2. The van der Waals surface area contributed by atoms with E-state index in [4.69, 9.17) is 14.7 Å². The van der Waals surface area contributed by atoms with Crippen LogP contribution < -0.4 is 9.47 Å². The van der Waals surface area contributed by atoms with Crippen LogP contribution in [0.25, 0.3) is 0 Å². The zero-order valence-corrected chi connectivity index (χ0v) is 11.3. The van der Waals surface area contributed by atoms with Crippen molar-refractivity contribution in [3.8, 4) is 17.6 Å². The maximum atomic E-state index is 10.9. The lowest BCUT2D eigenvalue weighted by molar-refractivity contribution is -0.385. The molecule has 2 aromatic carbocycles. The summed E-state index contributed by atoms with van der Waals surface area (Å²) in [6.45, 7) is 0.108. The second-order valence-corrected chi connectivity index (χ2v) is 4.19. The fourth-order valence-corrected chi connectivity index (χ4v) is 1.80. The molecule has 0 N–H and O–H groups in total. The first-order valence-corrected chi connectivity index (χ1v) is 6.08. The van der Waals surface area contributed by atoms with Gasteiger partial charge in [-0.1, -0.05) is 12.1 Å². The summed E-state index contributed by atoms with van der Waals surface area (Å²) in [5.74, 6) is 0.821. The molecule has 0 unspecified atom stereocenters. The molecule has 0 radical (unpaired) electrons. The number of nitrogens with zero attached hydrogens (tertiary/aromatic N) is 2. The molecule has 0 saturated heterocycles. The summed E-state index contributed by atoms with van der Waals surface area (Å²) in [6, 6.07) is 13.2. The highest BCUT2D eigenvalue weighted by Crippen LogP contribution is 2.24. The summed E-state index contributed by atoms with van der Waals surface area (Å²) in [6.07, 6.45) is 0. The van der Waals surface area contributed by atoms with Gasteiger partial charge in [0.05, 0.1) is 23.7 Å². The Hall–Kier alpha value is -3.07. The van der Waals surface area contributed by atoms with Gasteiger partial charge in [0.25, 0.3) is 5.69 Å². The van der Waals surface area contributed by atoms with Crippen LogP contribution in [0, 0.1) is 21.4 Å². The number of benzene rings is 2. The molecule has 2 rings (SSSR count). The molecule has 0 aliphatic rings. The highest BCUT2D eigenvalue weighted by Gasteiger charge is 2.11. The normalized spacial score (nSPS) is 9.71. The molecular weight excluding hydrogens is 272 g/mol. The Morgan fingerprint density at radius 1 is 1.29 bits per heavy atom. The van der Waals surface area contributed by atoms with Gasteiger partial charge >= 0.3 is 0 Å². The van der Waals surface area contributed by atoms with Crippen LogP contribution in [0.4, 0.5) is 5.69 Å². The second kappa shape index (κ2) is 6.39. The van der Waals surface area contributed by atoms with Crippen LogP contribution in [-0.4, -0.2) is 12.0 Å².